The number of nitrogens with two attached hydrogens (primary N) is 1. The van der Waals surface area contributed by atoms with Crippen LogP contribution in [0.4, 0.5) is 12.0 Å². The van der Waals surface area contributed by atoms with Gasteiger partial charge < -0.3 is 20.3 Å². The lowest BCUT2D eigenvalue weighted by Gasteiger charge is -2.39. The molecule has 1 saturated carbocycles. The quantitative estimate of drug-likeness (QED) is 0.720. The first kappa shape index (κ1) is 16.2. The van der Waals surface area contributed by atoms with Gasteiger partial charge in [-0.1, -0.05) is 35.8 Å². The standard InChI is InChI=1S/C19H20N6O2/c20-17-21-8-13(9-22-17)12-2-4-14(5-3-12)19(6-1-7-19)16-23-18(27-24-16)25-10-15(26)11-25/h2-5,8-9,15,26H,1,6-7,10-11H2,(H2,20,21,22). The summed E-state index contributed by atoms with van der Waals surface area (Å²) in [5, 5.41) is 13.7. The van der Waals surface area contributed by atoms with Crippen LogP contribution in [0.15, 0.2) is 41.2 Å². The second-order valence-electron chi connectivity index (χ2n) is 7.30. The monoisotopic (exact) mass is 364 g/mol. The number of hydrogen-bond acceptors (Lipinski definition) is 8. The van der Waals surface area contributed by atoms with E-state index < -0.39 is 0 Å². The first-order valence-electron chi connectivity index (χ1n) is 9.10. The number of anilines is 2. The maximum absolute atomic E-state index is 9.47. The van der Waals surface area contributed by atoms with Gasteiger partial charge in [-0.05, 0) is 24.0 Å². The Kier molecular flexibility index (Phi) is 3.61. The first-order valence-corrected chi connectivity index (χ1v) is 9.10. The summed E-state index contributed by atoms with van der Waals surface area (Å²) in [6, 6.07) is 8.87. The van der Waals surface area contributed by atoms with E-state index in [0.29, 0.717) is 19.1 Å². The van der Waals surface area contributed by atoms with Crippen molar-refractivity contribution in [3.63, 3.8) is 0 Å². The van der Waals surface area contributed by atoms with Crippen molar-refractivity contribution in [1.82, 2.24) is 20.1 Å². The molecule has 2 aliphatic rings. The van der Waals surface area contributed by atoms with Crippen LogP contribution in [0.25, 0.3) is 11.1 Å². The summed E-state index contributed by atoms with van der Waals surface area (Å²) in [6.07, 6.45) is 6.28. The number of benzene rings is 1. The molecule has 3 heterocycles. The summed E-state index contributed by atoms with van der Waals surface area (Å²) in [7, 11) is 0. The minimum atomic E-state index is -0.303. The molecule has 0 bridgehead atoms. The lowest BCUT2D eigenvalue weighted by molar-refractivity contribution is 0.135. The normalized spacial score (nSPS) is 18.8. The molecule has 8 heteroatoms. The van der Waals surface area contributed by atoms with E-state index in [4.69, 9.17) is 10.3 Å². The van der Waals surface area contributed by atoms with Gasteiger partial charge in [-0.15, -0.1) is 0 Å². The molecule has 1 aliphatic heterocycles. The van der Waals surface area contributed by atoms with Gasteiger partial charge >= 0.3 is 6.01 Å². The van der Waals surface area contributed by atoms with E-state index in [9.17, 15) is 5.11 Å². The van der Waals surface area contributed by atoms with Gasteiger partial charge in [0.05, 0.1) is 24.6 Å². The van der Waals surface area contributed by atoms with Gasteiger partial charge in [0.25, 0.3) is 0 Å². The van der Waals surface area contributed by atoms with Gasteiger partial charge in [-0.25, -0.2) is 9.97 Å². The van der Waals surface area contributed by atoms with Gasteiger partial charge in [0.2, 0.25) is 5.95 Å². The summed E-state index contributed by atoms with van der Waals surface area (Å²) in [6.45, 7) is 1.10. The zero-order chi connectivity index (χ0) is 18.4. The number of β-amino-alcohol motifs (C(OH)–C–C–N with tert-alkyl or cyclic N) is 1. The summed E-state index contributed by atoms with van der Waals surface area (Å²) in [5.74, 6) is 1.00. The van der Waals surface area contributed by atoms with E-state index >= 15 is 0 Å². The fraction of sp³-hybridized carbons (Fsp3) is 0.368. The maximum Gasteiger partial charge on any atom is 0.324 e. The van der Waals surface area contributed by atoms with Crippen molar-refractivity contribution in [1.29, 1.82) is 0 Å². The van der Waals surface area contributed by atoms with Crippen molar-refractivity contribution in [3.8, 4) is 11.1 Å². The molecule has 1 aromatic carbocycles. The number of hydrogen-bond donors (Lipinski definition) is 2. The van der Waals surface area contributed by atoms with E-state index in [1.807, 2.05) is 4.90 Å². The van der Waals surface area contributed by atoms with Crippen molar-refractivity contribution in [3.05, 3.63) is 48.0 Å². The Bertz CT molecular complexity index is 943. The molecule has 27 heavy (non-hydrogen) atoms. The molecule has 0 unspecified atom stereocenters. The molecule has 0 atom stereocenters. The third kappa shape index (κ3) is 2.64. The molecule has 1 saturated heterocycles. The van der Waals surface area contributed by atoms with Gasteiger partial charge in [0.15, 0.2) is 5.82 Å². The van der Waals surface area contributed by atoms with Gasteiger partial charge in [0, 0.05) is 18.0 Å². The van der Waals surface area contributed by atoms with Crippen LogP contribution in [-0.2, 0) is 5.41 Å². The molecule has 138 valence electrons. The number of rotatable bonds is 4. The van der Waals surface area contributed by atoms with E-state index in [1.54, 1.807) is 12.4 Å². The summed E-state index contributed by atoms with van der Waals surface area (Å²) in [4.78, 5) is 14.6. The minimum Gasteiger partial charge on any atom is -0.389 e. The average molecular weight is 364 g/mol. The third-order valence-electron chi connectivity index (χ3n) is 5.63. The molecular weight excluding hydrogens is 344 g/mol. The Morgan fingerprint density at radius 3 is 2.37 bits per heavy atom. The van der Waals surface area contributed by atoms with E-state index in [2.05, 4.69) is 44.4 Å². The van der Waals surface area contributed by atoms with Crippen molar-refractivity contribution in [2.24, 2.45) is 0 Å². The highest BCUT2D eigenvalue weighted by Gasteiger charge is 2.45. The smallest absolute Gasteiger partial charge is 0.324 e. The zero-order valence-corrected chi connectivity index (χ0v) is 14.7. The van der Waals surface area contributed by atoms with Crippen molar-refractivity contribution < 1.29 is 9.63 Å². The predicted octanol–water partition coefficient (Wildman–Crippen LogP) is 1.76. The van der Waals surface area contributed by atoms with Crippen LogP contribution in [0.2, 0.25) is 0 Å². The fourth-order valence-electron chi connectivity index (χ4n) is 3.79. The molecule has 0 radical (unpaired) electrons. The number of aromatic nitrogens is 4. The van der Waals surface area contributed by atoms with E-state index in [1.165, 1.54) is 5.56 Å². The summed E-state index contributed by atoms with van der Waals surface area (Å²) in [5.41, 5.74) is 8.52. The molecule has 2 aromatic heterocycles. The van der Waals surface area contributed by atoms with Gasteiger partial charge in [-0.3, -0.25) is 0 Å². The largest absolute Gasteiger partial charge is 0.389 e. The molecule has 1 aliphatic carbocycles. The summed E-state index contributed by atoms with van der Waals surface area (Å²) < 4.78 is 5.45. The Morgan fingerprint density at radius 2 is 1.78 bits per heavy atom. The number of nitrogen functional groups attached to an aromatic ring is 1. The van der Waals surface area contributed by atoms with Gasteiger partial charge in [0.1, 0.15) is 0 Å². The Hall–Kier alpha value is -3.00. The fourth-order valence-corrected chi connectivity index (χ4v) is 3.79. The zero-order valence-electron chi connectivity index (χ0n) is 14.7. The van der Waals surface area contributed by atoms with Crippen LogP contribution in [0.3, 0.4) is 0 Å². The van der Waals surface area contributed by atoms with E-state index in [-0.39, 0.29) is 17.5 Å². The van der Waals surface area contributed by atoms with Crippen molar-refractivity contribution in [2.45, 2.75) is 30.8 Å². The first-order chi connectivity index (χ1) is 13.1. The molecule has 2 fully saturated rings. The van der Waals surface area contributed by atoms with Crippen LogP contribution >= 0.6 is 0 Å². The van der Waals surface area contributed by atoms with Crippen molar-refractivity contribution >= 4 is 12.0 Å². The van der Waals surface area contributed by atoms with Crippen LogP contribution < -0.4 is 10.6 Å². The predicted molar refractivity (Wildman–Crippen MR) is 99.0 cm³/mol. The molecule has 3 aromatic rings. The van der Waals surface area contributed by atoms with Gasteiger partial charge in [-0.2, -0.15) is 4.98 Å². The van der Waals surface area contributed by atoms with E-state index in [0.717, 1.165) is 36.2 Å². The Balaban J connectivity index is 1.42. The average Bonchev–Trinajstić information content (AvgIpc) is 3.09. The SMILES string of the molecule is Nc1ncc(-c2ccc(C3(c4noc(N5CC(O)C5)n4)CCC3)cc2)cn1. The Labute approximate surface area is 156 Å². The maximum atomic E-state index is 9.47. The number of nitrogens with zero attached hydrogens (tertiary/aromatic N) is 5. The molecule has 0 amide bonds. The van der Waals surface area contributed by atoms with Crippen molar-refractivity contribution in [2.75, 3.05) is 23.7 Å². The number of aliphatic hydroxyl groups is 1. The van der Waals surface area contributed by atoms with Crippen LogP contribution in [0, 0.1) is 0 Å². The number of aliphatic hydroxyl groups excluding tert-OH is 1. The summed E-state index contributed by atoms with van der Waals surface area (Å²) >= 11 is 0. The molecule has 5 rings (SSSR count). The molecule has 0 spiro atoms. The highest BCUT2D eigenvalue weighted by Crippen LogP contribution is 2.48. The third-order valence-corrected chi connectivity index (χ3v) is 5.63. The topological polar surface area (TPSA) is 114 Å². The molecular formula is C19H20N6O2. The Morgan fingerprint density at radius 1 is 1.07 bits per heavy atom. The second-order valence-corrected chi connectivity index (χ2v) is 7.30. The highest BCUT2D eigenvalue weighted by atomic mass is 16.5. The molecule has 8 nitrogen and oxygen atoms in total. The minimum absolute atomic E-state index is 0.193. The van der Waals surface area contributed by atoms with Crippen LogP contribution in [0.1, 0.15) is 30.7 Å². The van der Waals surface area contributed by atoms with Crippen LogP contribution in [0.5, 0.6) is 0 Å². The lowest BCUT2D eigenvalue weighted by Crippen LogP contribution is -2.51. The molecule has 3 N–H and O–H groups in total. The van der Waals surface area contributed by atoms with Crippen LogP contribution in [-0.4, -0.2) is 44.4 Å². The second kappa shape index (κ2) is 6.02. The lowest BCUT2D eigenvalue weighted by atomic mass is 9.64. The highest BCUT2D eigenvalue weighted by molar-refractivity contribution is 5.62.